The van der Waals surface area contributed by atoms with Gasteiger partial charge in [-0.25, -0.2) is 27.0 Å². The van der Waals surface area contributed by atoms with Gasteiger partial charge in [-0.05, 0) is 82.9 Å². The Morgan fingerprint density at radius 2 is 1.90 bits per heavy atom. The number of sulfonamides is 1. The minimum Gasteiger partial charge on any atom is -0.497 e. The number of methoxy groups -OCH3 is 2. The van der Waals surface area contributed by atoms with Crippen molar-refractivity contribution in [1.82, 2.24) is 25.2 Å². The number of halogens is 2. The number of alkyl halides is 2. The summed E-state index contributed by atoms with van der Waals surface area (Å²) < 4.78 is 80.1. The zero-order valence-corrected chi connectivity index (χ0v) is 34.6. The second-order valence-corrected chi connectivity index (χ2v) is 18.7. The third kappa shape index (κ3) is 8.30. The zero-order valence-electron chi connectivity index (χ0n) is 33.8. The van der Waals surface area contributed by atoms with Crippen molar-refractivity contribution in [1.29, 1.82) is 0 Å². The van der Waals surface area contributed by atoms with Crippen LogP contribution >= 0.6 is 0 Å². The summed E-state index contributed by atoms with van der Waals surface area (Å²) in [7, 11) is -1.33. The van der Waals surface area contributed by atoms with Gasteiger partial charge < -0.3 is 34.5 Å². The highest BCUT2D eigenvalue weighted by Crippen LogP contribution is 2.50. The fraction of sp³-hybridized carbons (Fsp3) is 0.634. The van der Waals surface area contributed by atoms with Crippen LogP contribution in [-0.4, -0.2) is 104 Å². The van der Waals surface area contributed by atoms with Crippen LogP contribution in [0.2, 0.25) is 0 Å². The molecule has 7 rings (SSSR count). The van der Waals surface area contributed by atoms with Crippen LogP contribution in [0.3, 0.4) is 0 Å². The number of carbonyl (C=O) groups excluding carboxylic acids is 4. The largest absolute Gasteiger partial charge is 0.497 e. The monoisotopic (exact) mass is 845 g/mol. The number of ether oxygens (including phenoxy) is 4. The Balaban J connectivity index is 1.25. The van der Waals surface area contributed by atoms with Gasteiger partial charge in [-0.2, -0.15) is 0 Å². The van der Waals surface area contributed by atoms with Gasteiger partial charge in [0, 0.05) is 30.4 Å². The highest BCUT2D eigenvalue weighted by molar-refractivity contribution is 7.91. The number of hydrogen-bond acceptors (Lipinski definition) is 11. The molecule has 15 nitrogen and oxygen atoms in total. The average molecular weight is 846 g/mol. The van der Waals surface area contributed by atoms with Crippen LogP contribution in [0, 0.1) is 5.92 Å². The van der Waals surface area contributed by atoms with E-state index >= 15 is 0 Å². The number of hydrogen-bond donors (Lipinski definition) is 3. The maximum absolute atomic E-state index is 14.8. The Labute approximate surface area is 342 Å². The molecule has 5 aliphatic rings. The Bertz CT molecular complexity index is 2130. The molecule has 0 bridgehead atoms. The lowest BCUT2D eigenvalue weighted by Crippen LogP contribution is -2.59. The lowest BCUT2D eigenvalue weighted by atomic mass is 9.87. The lowest BCUT2D eigenvalue weighted by Gasteiger charge is -2.37. The van der Waals surface area contributed by atoms with E-state index in [1.807, 2.05) is 19.1 Å². The molecule has 2 aromatic rings. The second-order valence-electron chi connectivity index (χ2n) is 16.7. The van der Waals surface area contributed by atoms with E-state index in [9.17, 15) is 36.4 Å². The number of amides is 4. The average Bonchev–Trinajstić information content (AvgIpc) is 4.11. The Kier molecular flexibility index (Phi) is 11.9. The van der Waals surface area contributed by atoms with E-state index in [-0.39, 0.29) is 51.0 Å². The summed E-state index contributed by atoms with van der Waals surface area (Å²) in [6, 6.07) is 2.51. The van der Waals surface area contributed by atoms with Crippen LogP contribution in [0.15, 0.2) is 30.4 Å². The number of aryl methyl sites for hydroxylation is 1. The zero-order chi connectivity index (χ0) is 42.3. The number of nitrogens with zero attached hydrogens (tertiary/aromatic N) is 2. The van der Waals surface area contributed by atoms with E-state index in [4.69, 9.17) is 18.9 Å². The van der Waals surface area contributed by atoms with Gasteiger partial charge in [-0.1, -0.05) is 31.9 Å². The first-order valence-corrected chi connectivity index (χ1v) is 21.9. The van der Waals surface area contributed by atoms with Crippen LogP contribution in [0.1, 0.15) is 102 Å². The first-order valence-electron chi connectivity index (χ1n) is 20.4. The molecule has 1 unspecified atom stereocenters. The molecule has 4 heterocycles. The maximum Gasteiger partial charge on any atom is 0.408 e. The molecule has 3 N–H and O–H groups in total. The van der Waals surface area contributed by atoms with Gasteiger partial charge in [0.1, 0.15) is 45.5 Å². The van der Waals surface area contributed by atoms with Gasteiger partial charge in [0.25, 0.3) is 12.3 Å². The standard InChI is InChI=1S/C41H53F2N5O10S/c1-5-24(2)57-38(52)45-30-12-10-8-6-7-9-11-25-20-41(25,37(51)47-59(53,54)40(17-18-40)23-55-3)46-35(49)31-21-39(22-48(31)36(30)50)16-15-27-28-19-26(56-4)13-14-29(28)44-32(34(42)43)33(27)58-39/h9,11,13-14,19,24-25,30-31,34H,5-8,10,12,15-18,20-23H2,1-4H3,(H,45,52)(H,46,49)(H,47,51)/b11-9-/t24?,25-,30+,31+,39-,41-/m1/s1. The molecule has 6 atom stereocenters. The van der Waals surface area contributed by atoms with E-state index in [0.29, 0.717) is 60.7 Å². The van der Waals surface area contributed by atoms with Crippen LogP contribution in [0.5, 0.6) is 11.5 Å². The lowest BCUT2D eigenvalue weighted by molar-refractivity contribution is -0.141. The van der Waals surface area contributed by atoms with Gasteiger partial charge in [-0.15, -0.1) is 0 Å². The molecule has 18 heteroatoms. The summed E-state index contributed by atoms with van der Waals surface area (Å²) in [6.07, 6.45) is 3.85. The number of rotatable bonds is 10. The van der Waals surface area contributed by atoms with Gasteiger partial charge in [-0.3, -0.25) is 19.1 Å². The van der Waals surface area contributed by atoms with E-state index in [0.717, 1.165) is 6.42 Å². The van der Waals surface area contributed by atoms with Gasteiger partial charge in [0.05, 0.1) is 25.8 Å². The molecule has 4 amide bonds. The fourth-order valence-corrected chi connectivity index (χ4v) is 10.2. The molecular weight excluding hydrogens is 793 g/mol. The number of alkyl carbamates (subject to hydrolysis) is 1. The summed E-state index contributed by atoms with van der Waals surface area (Å²) in [5.41, 5.74) is -2.75. The van der Waals surface area contributed by atoms with E-state index in [1.165, 1.54) is 19.1 Å². The van der Waals surface area contributed by atoms with Crippen molar-refractivity contribution < 1.29 is 55.3 Å². The van der Waals surface area contributed by atoms with Crippen molar-refractivity contribution in [2.45, 2.75) is 131 Å². The Morgan fingerprint density at radius 3 is 2.59 bits per heavy atom. The van der Waals surface area contributed by atoms with Crippen molar-refractivity contribution in [2.75, 3.05) is 27.4 Å². The first kappa shape index (κ1) is 42.5. The van der Waals surface area contributed by atoms with Crippen LogP contribution in [0.4, 0.5) is 13.6 Å². The molecule has 1 aromatic carbocycles. The molecule has 2 aliphatic carbocycles. The molecule has 3 aliphatic heterocycles. The number of pyridine rings is 1. The second kappa shape index (κ2) is 16.5. The van der Waals surface area contributed by atoms with Gasteiger partial charge >= 0.3 is 6.09 Å². The van der Waals surface area contributed by atoms with Crippen molar-refractivity contribution >= 4 is 44.7 Å². The summed E-state index contributed by atoms with van der Waals surface area (Å²) >= 11 is 0. The molecule has 1 aromatic heterocycles. The molecule has 2 saturated carbocycles. The highest BCUT2D eigenvalue weighted by Gasteiger charge is 2.64. The van der Waals surface area contributed by atoms with Gasteiger partial charge in [0.2, 0.25) is 21.8 Å². The maximum atomic E-state index is 14.8. The normalized spacial score (nSPS) is 28.8. The van der Waals surface area contributed by atoms with Crippen LogP contribution < -0.4 is 24.8 Å². The molecule has 0 radical (unpaired) electrons. The molecule has 59 heavy (non-hydrogen) atoms. The molecule has 1 saturated heterocycles. The number of fused-ring (bicyclic) bond motifs is 5. The predicted molar refractivity (Wildman–Crippen MR) is 210 cm³/mol. The quantitative estimate of drug-likeness (QED) is 0.280. The van der Waals surface area contributed by atoms with Crippen molar-refractivity contribution in [2.24, 2.45) is 5.92 Å². The molecule has 3 fully saturated rings. The van der Waals surface area contributed by atoms with E-state index in [1.54, 1.807) is 25.1 Å². The molecular formula is C41H53F2N5O10S. The fourth-order valence-electron chi connectivity index (χ4n) is 8.68. The number of allylic oxidation sites excluding steroid dienone is 1. The first-order chi connectivity index (χ1) is 28.1. The molecule has 1 spiro atoms. The van der Waals surface area contributed by atoms with Crippen LogP contribution in [-0.2, 0) is 40.3 Å². The summed E-state index contributed by atoms with van der Waals surface area (Å²) in [5.74, 6) is -2.44. The van der Waals surface area contributed by atoms with E-state index in [2.05, 4.69) is 20.3 Å². The minimum atomic E-state index is -4.20. The SMILES string of the molecule is CCC(C)OC(=O)N[C@H]1CCCCC/C=C\[C@@H]2C[C@@]2(C(=O)NS(=O)(=O)C2(COC)CC2)NC(=O)[C@@H]2C[C@]3(CCc4c(c(C(F)F)nc5ccc(OC)cc45)O3)CN2C1=O. The summed E-state index contributed by atoms with van der Waals surface area (Å²) in [4.78, 5) is 62.2. The highest BCUT2D eigenvalue weighted by atomic mass is 32.2. The van der Waals surface area contributed by atoms with Crippen molar-refractivity contribution in [3.05, 3.63) is 41.6 Å². The van der Waals surface area contributed by atoms with E-state index < -0.39 is 85.9 Å². The minimum absolute atomic E-state index is 0.102. The molecule has 322 valence electrons. The number of aromatic nitrogens is 1. The summed E-state index contributed by atoms with van der Waals surface area (Å²) in [6.45, 7) is 3.26. The van der Waals surface area contributed by atoms with Crippen LogP contribution in [0.25, 0.3) is 10.9 Å². The van der Waals surface area contributed by atoms with Crippen molar-refractivity contribution in [3.8, 4) is 11.5 Å². The number of benzene rings is 1. The topological polar surface area (TPSA) is 192 Å². The Morgan fingerprint density at radius 1 is 1.12 bits per heavy atom. The smallest absolute Gasteiger partial charge is 0.408 e. The number of carbonyl (C=O) groups is 4. The predicted octanol–water partition coefficient (Wildman–Crippen LogP) is 4.76. The number of nitrogens with one attached hydrogen (secondary N) is 3. The third-order valence-corrected chi connectivity index (χ3v) is 14.7. The van der Waals surface area contributed by atoms with Crippen molar-refractivity contribution in [3.63, 3.8) is 0 Å². The summed E-state index contributed by atoms with van der Waals surface area (Å²) in [5, 5.41) is 6.13. The third-order valence-electron chi connectivity index (χ3n) is 12.6. The Hall–Kier alpha value is -4.58. The van der Waals surface area contributed by atoms with Gasteiger partial charge in [0.15, 0.2) is 5.75 Å².